The normalized spacial score (nSPS) is 11.9. The van der Waals surface area contributed by atoms with Crippen LogP contribution in [0, 0.1) is 0 Å². The average Bonchev–Trinajstić information content (AvgIpc) is 2.43. The molecule has 0 aliphatic rings. The van der Waals surface area contributed by atoms with Crippen LogP contribution in [0.4, 0.5) is 0 Å². The molecule has 2 aromatic rings. The fourth-order valence-electron chi connectivity index (χ4n) is 1.70. The Kier molecular flexibility index (Phi) is 5.04. The molecule has 0 saturated carbocycles. The Hall–Kier alpha value is -1.52. The van der Waals surface area contributed by atoms with Gasteiger partial charge >= 0.3 is 5.97 Å². The van der Waals surface area contributed by atoms with Gasteiger partial charge in [0.2, 0.25) is 0 Å². The Morgan fingerprint density at radius 2 is 1.95 bits per heavy atom. The van der Waals surface area contributed by atoms with E-state index in [0.29, 0.717) is 16.5 Å². The van der Waals surface area contributed by atoms with E-state index in [2.05, 4.69) is 15.9 Å². The summed E-state index contributed by atoms with van der Waals surface area (Å²) in [5, 5.41) is 9.52. The van der Waals surface area contributed by atoms with Crippen molar-refractivity contribution in [1.82, 2.24) is 0 Å². The SMILES string of the molecule is O=C(O)[C@H](Br)Cc1cc(Cl)ccc1Oc1ccccc1. The molecule has 0 aliphatic heterocycles. The van der Waals surface area contributed by atoms with Gasteiger partial charge in [-0.2, -0.15) is 0 Å². The Morgan fingerprint density at radius 3 is 2.60 bits per heavy atom. The number of carboxylic acid groups (broad SMARTS) is 1. The maximum Gasteiger partial charge on any atom is 0.317 e. The minimum atomic E-state index is -0.921. The predicted octanol–water partition coefficient (Wildman–Crippen LogP) is 4.52. The fourth-order valence-corrected chi connectivity index (χ4v) is 2.25. The third-order valence-electron chi connectivity index (χ3n) is 2.66. The monoisotopic (exact) mass is 354 g/mol. The van der Waals surface area contributed by atoms with Crippen LogP contribution >= 0.6 is 27.5 Å². The maximum absolute atomic E-state index is 10.9. The molecule has 20 heavy (non-hydrogen) atoms. The van der Waals surface area contributed by atoms with Crippen LogP contribution in [0.15, 0.2) is 48.5 Å². The van der Waals surface area contributed by atoms with Gasteiger partial charge in [0.05, 0.1) is 0 Å². The lowest BCUT2D eigenvalue weighted by atomic mass is 10.1. The van der Waals surface area contributed by atoms with E-state index in [-0.39, 0.29) is 6.42 Å². The highest BCUT2D eigenvalue weighted by Gasteiger charge is 2.17. The highest BCUT2D eigenvalue weighted by molar-refractivity contribution is 9.10. The van der Waals surface area contributed by atoms with Gasteiger partial charge in [-0.3, -0.25) is 4.79 Å². The first-order valence-corrected chi connectivity index (χ1v) is 7.24. The van der Waals surface area contributed by atoms with Crippen LogP contribution in [-0.2, 0) is 11.2 Å². The standard InChI is InChI=1S/C15H12BrClO3/c16-13(15(18)19)9-10-8-11(17)6-7-14(10)20-12-4-2-1-3-5-12/h1-8,13H,9H2,(H,18,19)/t13-/m1/s1. The Labute approximate surface area is 130 Å². The zero-order valence-corrected chi connectivity index (χ0v) is 12.8. The van der Waals surface area contributed by atoms with Crippen LogP contribution in [0.2, 0.25) is 5.02 Å². The van der Waals surface area contributed by atoms with Gasteiger partial charge in [0, 0.05) is 5.02 Å². The topological polar surface area (TPSA) is 46.5 Å². The zero-order chi connectivity index (χ0) is 14.5. The molecule has 104 valence electrons. The minimum absolute atomic E-state index is 0.290. The molecule has 0 unspecified atom stereocenters. The molecule has 0 saturated heterocycles. The summed E-state index contributed by atoms with van der Waals surface area (Å²) >= 11 is 9.09. The van der Waals surface area contributed by atoms with Gasteiger partial charge in [-0.1, -0.05) is 45.7 Å². The third kappa shape index (κ3) is 3.99. The number of carboxylic acids is 1. The molecule has 0 radical (unpaired) electrons. The van der Waals surface area contributed by atoms with Crippen molar-refractivity contribution in [3.05, 3.63) is 59.1 Å². The molecule has 5 heteroatoms. The van der Waals surface area contributed by atoms with Crippen molar-refractivity contribution < 1.29 is 14.6 Å². The van der Waals surface area contributed by atoms with Gasteiger partial charge in [-0.15, -0.1) is 0 Å². The smallest absolute Gasteiger partial charge is 0.317 e. The minimum Gasteiger partial charge on any atom is -0.480 e. The van der Waals surface area contributed by atoms with E-state index in [1.54, 1.807) is 18.2 Å². The molecule has 0 fully saturated rings. The largest absolute Gasteiger partial charge is 0.480 e. The van der Waals surface area contributed by atoms with Crippen molar-refractivity contribution in [2.75, 3.05) is 0 Å². The molecule has 3 nitrogen and oxygen atoms in total. The first kappa shape index (κ1) is 14.9. The Bertz CT molecular complexity index is 601. The maximum atomic E-state index is 10.9. The van der Waals surface area contributed by atoms with Gasteiger partial charge in [0.15, 0.2) is 0 Å². The number of para-hydroxylation sites is 1. The summed E-state index contributed by atoms with van der Waals surface area (Å²) in [6, 6.07) is 14.5. The molecule has 0 amide bonds. The van der Waals surface area contributed by atoms with Gasteiger partial charge < -0.3 is 9.84 Å². The highest BCUT2D eigenvalue weighted by Crippen LogP contribution is 2.29. The summed E-state index contributed by atoms with van der Waals surface area (Å²) in [7, 11) is 0. The number of halogens is 2. The van der Waals surface area contributed by atoms with Gasteiger partial charge in [-0.25, -0.2) is 0 Å². The lowest BCUT2D eigenvalue weighted by Crippen LogP contribution is -2.15. The molecule has 1 N–H and O–H groups in total. The van der Waals surface area contributed by atoms with Crippen molar-refractivity contribution >= 4 is 33.5 Å². The lowest BCUT2D eigenvalue weighted by molar-refractivity contribution is -0.136. The number of alkyl halides is 1. The van der Waals surface area contributed by atoms with E-state index in [4.69, 9.17) is 21.4 Å². The molecule has 2 rings (SSSR count). The molecule has 2 aromatic carbocycles. The van der Waals surface area contributed by atoms with Crippen molar-refractivity contribution in [2.24, 2.45) is 0 Å². The number of hydrogen-bond donors (Lipinski definition) is 1. The van der Waals surface area contributed by atoms with Crippen LogP contribution in [0.25, 0.3) is 0 Å². The van der Waals surface area contributed by atoms with E-state index >= 15 is 0 Å². The summed E-state index contributed by atoms with van der Waals surface area (Å²) in [4.78, 5) is 10.3. The predicted molar refractivity (Wildman–Crippen MR) is 82.0 cm³/mol. The highest BCUT2D eigenvalue weighted by atomic mass is 79.9. The molecular weight excluding hydrogens is 344 g/mol. The van der Waals surface area contributed by atoms with Crippen molar-refractivity contribution in [3.63, 3.8) is 0 Å². The van der Waals surface area contributed by atoms with Crippen LogP contribution < -0.4 is 4.74 Å². The van der Waals surface area contributed by atoms with Crippen molar-refractivity contribution in [2.45, 2.75) is 11.2 Å². The molecule has 0 bridgehead atoms. The van der Waals surface area contributed by atoms with E-state index in [0.717, 1.165) is 5.56 Å². The van der Waals surface area contributed by atoms with E-state index in [1.807, 2.05) is 30.3 Å². The molecule has 0 aliphatic carbocycles. The summed E-state index contributed by atoms with van der Waals surface area (Å²) in [5.41, 5.74) is 0.741. The van der Waals surface area contributed by atoms with Gasteiger partial charge in [0.25, 0.3) is 0 Å². The molecule has 1 atom stereocenters. The third-order valence-corrected chi connectivity index (χ3v) is 3.61. The fraction of sp³-hybridized carbons (Fsp3) is 0.133. The molecule has 0 spiro atoms. The summed E-state index contributed by atoms with van der Waals surface area (Å²) in [6.07, 6.45) is 0.290. The summed E-state index contributed by atoms with van der Waals surface area (Å²) in [5.74, 6) is 0.374. The number of ether oxygens (including phenoxy) is 1. The lowest BCUT2D eigenvalue weighted by Gasteiger charge is -2.13. The van der Waals surface area contributed by atoms with Gasteiger partial charge in [0.1, 0.15) is 16.3 Å². The number of rotatable bonds is 5. The first-order valence-electron chi connectivity index (χ1n) is 5.94. The summed E-state index contributed by atoms with van der Waals surface area (Å²) in [6.45, 7) is 0. The average molecular weight is 356 g/mol. The first-order chi connectivity index (χ1) is 9.56. The van der Waals surface area contributed by atoms with Crippen LogP contribution in [0.1, 0.15) is 5.56 Å². The molecular formula is C15H12BrClO3. The van der Waals surface area contributed by atoms with Crippen molar-refractivity contribution in [3.8, 4) is 11.5 Å². The Balaban J connectivity index is 2.26. The number of carbonyl (C=O) groups is 1. The number of hydrogen-bond acceptors (Lipinski definition) is 2. The quantitative estimate of drug-likeness (QED) is 0.802. The second-order valence-corrected chi connectivity index (χ2v) is 5.72. The van der Waals surface area contributed by atoms with E-state index < -0.39 is 10.8 Å². The summed E-state index contributed by atoms with van der Waals surface area (Å²) < 4.78 is 5.77. The molecule has 0 aromatic heterocycles. The number of benzene rings is 2. The number of aliphatic carboxylic acids is 1. The second kappa shape index (κ2) is 6.77. The van der Waals surface area contributed by atoms with Gasteiger partial charge in [-0.05, 0) is 42.3 Å². The van der Waals surface area contributed by atoms with Crippen LogP contribution in [-0.4, -0.2) is 15.9 Å². The Morgan fingerprint density at radius 1 is 1.25 bits per heavy atom. The van der Waals surface area contributed by atoms with E-state index in [9.17, 15) is 4.79 Å². The second-order valence-electron chi connectivity index (χ2n) is 4.18. The zero-order valence-electron chi connectivity index (χ0n) is 10.4. The van der Waals surface area contributed by atoms with Crippen molar-refractivity contribution in [1.29, 1.82) is 0 Å². The van der Waals surface area contributed by atoms with Crippen LogP contribution in [0.5, 0.6) is 11.5 Å². The molecule has 0 heterocycles. The van der Waals surface area contributed by atoms with E-state index in [1.165, 1.54) is 0 Å². The van der Waals surface area contributed by atoms with Crippen LogP contribution in [0.3, 0.4) is 0 Å².